The van der Waals surface area contributed by atoms with Gasteiger partial charge in [0.1, 0.15) is 5.82 Å². The molecule has 21 heavy (non-hydrogen) atoms. The van der Waals surface area contributed by atoms with Crippen LogP contribution in [0.2, 0.25) is 0 Å². The Morgan fingerprint density at radius 3 is 2.67 bits per heavy atom. The number of carbonyl (C=O) groups is 1. The SMILES string of the molecule is CC1OCCC1N(C)C(=O)c1cc(F)ccc1S(N)(=O)=O. The van der Waals surface area contributed by atoms with Crippen molar-refractivity contribution in [3.8, 4) is 0 Å². The summed E-state index contributed by atoms with van der Waals surface area (Å²) in [5, 5.41) is 5.08. The van der Waals surface area contributed by atoms with E-state index in [1.54, 1.807) is 0 Å². The smallest absolute Gasteiger partial charge is 0.255 e. The highest BCUT2D eigenvalue weighted by Crippen LogP contribution is 2.23. The maximum atomic E-state index is 13.4. The Kier molecular flexibility index (Phi) is 4.31. The second-order valence-electron chi connectivity index (χ2n) is 5.03. The molecule has 1 aliphatic rings. The van der Waals surface area contributed by atoms with Gasteiger partial charge in [0, 0.05) is 13.7 Å². The van der Waals surface area contributed by atoms with Crippen molar-refractivity contribution in [1.29, 1.82) is 0 Å². The number of hydrogen-bond donors (Lipinski definition) is 1. The molecule has 0 aliphatic carbocycles. The van der Waals surface area contributed by atoms with Crippen molar-refractivity contribution in [2.45, 2.75) is 30.4 Å². The third-order valence-electron chi connectivity index (χ3n) is 3.63. The van der Waals surface area contributed by atoms with Crippen molar-refractivity contribution in [1.82, 2.24) is 4.90 Å². The predicted octanol–water partition coefficient (Wildman–Crippen LogP) is 0.723. The maximum Gasteiger partial charge on any atom is 0.255 e. The van der Waals surface area contributed by atoms with Crippen molar-refractivity contribution < 1.29 is 22.3 Å². The van der Waals surface area contributed by atoms with Crippen LogP contribution in [0.1, 0.15) is 23.7 Å². The van der Waals surface area contributed by atoms with E-state index in [2.05, 4.69) is 0 Å². The van der Waals surface area contributed by atoms with Crippen LogP contribution in [0.25, 0.3) is 0 Å². The molecule has 1 aromatic rings. The van der Waals surface area contributed by atoms with Crippen LogP contribution in [0.15, 0.2) is 23.1 Å². The van der Waals surface area contributed by atoms with Gasteiger partial charge >= 0.3 is 0 Å². The molecule has 1 fully saturated rings. The molecule has 0 saturated carbocycles. The van der Waals surface area contributed by atoms with Gasteiger partial charge in [0.15, 0.2) is 0 Å². The fourth-order valence-electron chi connectivity index (χ4n) is 2.49. The predicted molar refractivity (Wildman–Crippen MR) is 73.7 cm³/mol. The third kappa shape index (κ3) is 3.22. The highest BCUT2D eigenvalue weighted by molar-refractivity contribution is 7.89. The minimum Gasteiger partial charge on any atom is -0.376 e. The molecule has 0 spiro atoms. The summed E-state index contributed by atoms with van der Waals surface area (Å²) in [7, 11) is -2.57. The number of ether oxygens (including phenoxy) is 1. The molecule has 116 valence electrons. The third-order valence-corrected chi connectivity index (χ3v) is 4.60. The number of sulfonamides is 1. The van der Waals surface area contributed by atoms with E-state index in [1.807, 2.05) is 6.92 Å². The minimum atomic E-state index is -4.11. The first kappa shape index (κ1) is 15.9. The van der Waals surface area contributed by atoms with Gasteiger partial charge < -0.3 is 9.64 Å². The van der Waals surface area contributed by atoms with E-state index in [4.69, 9.17) is 9.88 Å². The number of amides is 1. The lowest BCUT2D eigenvalue weighted by Crippen LogP contribution is -2.41. The first-order valence-corrected chi connectivity index (χ1v) is 7.97. The monoisotopic (exact) mass is 316 g/mol. The topological polar surface area (TPSA) is 89.7 Å². The molecule has 2 unspecified atom stereocenters. The van der Waals surface area contributed by atoms with E-state index < -0.39 is 21.7 Å². The van der Waals surface area contributed by atoms with Crippen LogP contribution in [-0.4, -0.2) is 45.0 Å². The molecule has 1 heterocycles. The Bertz CT molecular complexity index is 662. The number of likely N-dealkylation sites (N-methyl/N-ethyl adjacent to an activating group) is 1. The summed E-state index contributed by atoms with van der Waals surface area (Å²) in [5.74, 6) is -1.30. The van der Waals surface area contributed by atoms with Crippen LogP contribution >= 0.6 is 0 Å². The number of nitrogens with zero attached hydrogens (tertiary/aromatic N) is 1. The Morgan fingerprint density at radius 2 is 2.14 bits per heavy atom. The van der Waals surface area contributed by atoms with Crippen LogP contribution in [0.3, 0.4) is 0 Å². The molecule has 2 atom stereocenters. The fraction of sp³-hybridized carbons (Fsp3) is 0.462. The lowest BCUT2D eigenvalue weighted by molar-refractivity contribution is 0.0571. The van der Waals surface area contributed by atoms with Crippen molar-refractivity contribution in [3.05, 3.63) is 29.6 Å². The molecule has 1 amide bonds. The van der Waals surface area contributed by atoms with Gasteiger partial charge in [-0.15, -0.1) is 0 Å². The molecule has 0 radical (unpaired) electrons. The maximum absolute atomic E-state index is 13.4. The van der Waals surface area contributed by atoms with Gasteiger partial charge in [-0.2, -0.15) is 0 Å². The summed E-state index contributed by atoms with van der Waals surface area (Å²) in [6.45, 7) is 2.35. The molecule has 1 aromatic carbocycles. The van der Waals surface area contributed by atoms with E-state index >= 15 is 0 Å². The minimum absolute atomic E-state index is 0.162. The van der Waals surface area contributed by atoms with Gasteiger partial charge in [-0.3, -0.25) is 4.79 Å². The van der Waals surface area contributed by atoms with E-state index in [9.17, 15) is 17.6 Å². The Labute approximate surface area is 122 Å². The number of primary sulfonamides is 1. The van der Waals surface area contributed by atoms with Crippen LogP contribution in [0.5, 0.6) is 0 Å². The van der Waals surface area contributed by atoms with Crippen molar-refractivity contribution in [3.63, 3.8) is 0 Å². The van der Waals surface area contributed by atoms with Gasteiger partial charge in [-0.1, -0.05) is 0 Å². The summed E-state index contributed by atoms with van der Waals surface area (Å²) in [4.78, 5) is 13.5. The lowest BCUT2D eigenvalue weighted by Gasteiger charge is -2.27. The number of hydrogen-bond acceptors (Lipinski definition) is 4. The molecule has 2 rings (SSSR count). The first-order chi connectivity index (χ1) is 9.71. The van der Waals surface area contributed by atoms with Crippen LogP contribution in [0, 0.1) is 5.82 Å². The van der Waals surface area contributed by atoms with Crippen molar-refractivity contribution >= 4 is 15.9 Å². The Morgan fingerprint density at radius 1 is 1.48 bits per heavy atom. The highest BCUT2D eigenvalue weighted by Gasteiger charge is 2.33. The van der Waals surface area contributed by atoms with Crippen LogP contribution < -0.4 is 5.14 Å². The normalized spacial score (nSPS) is 22.3. The molecular weight excluding hydrogens is 299 g/mol. The molecule has 0 bridgehead atoms. The summed E-state index contributed by atoms with van der Waals surface area (Å²) >= 11 is 0. The first-order valence-electron chi connectivity index (χ1n) is 6.43. The molecule has 1 saturated heterocycles. The zero-order valence-corrected chi connectivity index (χ0v) is 12.6. The van der Waals surface area contributed by atoms with Gasteiger partial charge in [0.25, 0.3) is 5.91 Å². The number of halogens is 1. The molecule has 1 aliphatic heterocycles. The van der Waals surface area contributed by atoms with E-state index in [0.29, 0.717) is 13.0 Å². The van der Waals surface area contributed by atoms with Crippen LogP contribution in [0.4, 0.5) is 4.39 Å². The second-order valence-corrected chi connectivity index (χ2v) is 6.56. The second kappa shape index (κ2) is 5.70. The number of benzene rings is 1. The van der Waals surface area contributed by atoms with Gasteiger partial charge in [-0.25, -0.2) is 17.9 Å². The fourth-order valence-corrected chi connectivity index (χ4v) is 3.20. The standard InChI is InChI=1S/C13H17FN2O4S/c1-8-11(5-6-20-8)16(2)13(17)10-7-9(14)3-4-12(10)21(15,18)19/h3-4,7-8,11H,5-6H2,1-2H3,(H2,15,18,19). The molecule has 6 nitrogen and oxygen atoms in total. The summed E-state index contributed by atoms with van der Waals surface area (Å²) < 4.78 is 41.8. The summed E-state index contributed by atoms with van der Waals surface area (Å²) in [6.07, 6.45) is 0.481. The number of rotatable bonds is 3. The van der Waals surface area contributed by atoms with Gasteiger partial charge in [0.2, 0.25) is 10.0 Å². The zero-order chi connectivity index (χ0) is 15.8. The quantitative estimate of drug-likeness (QED) is 0.890. The number of carbonyl (C=O) groups excluding carboxylic acids is 1. The van der Waals surface area contributed by atoms with Crippen molar-refractivity contribution in [2.24, 2.45) is 5.14 Å². The Hall–Kier alpha value is -1.51. The van der Waals surface area contributed by atoms with Gasteiger partial charge in [-0.05, 0) is 31.5 Å². The highest BCUT2D eigenvalue weighted by atomic mass is 32.2. The lowest BCUT2D eigenvalue weighted by atomic mass is 10.1. The Balaban J connectivity index is 2.41. The van der Waals surface area contributed by atoms with E-state index in [1.165, 1.54) is 11.9 Å². The zero-order valence-electron chi connectivity index (χ0n) is 11.7. The number of nitrogens with two attached hydrogens (primary N) is 1. The molecule has 0 aromatic heterocycles. The average Bonchev–Trinajstić information content (AvgIpc) is 2.81. The largest absolute Gasteiger partial charge is 0.376 e. The van der Waals surface area contributed by atoms with Crippen molar-refractivity contribution in [2.75, 3.05) is 13.7 Å². The molecule has 2 N–H and O–H groups in total. The van der Waals surface area contributed by atoms with Crippen LogP contribution in [-0.2, 0) is 14.8 Å². The van der Waals surface area contributed by atoms with E-state index in [-0.39, 0.29) is 22.6 Å². The molecule has 8 heteroatoms. The summed E-state index contributed by atoms with van der Waals surface area (Å²) in [6, 6.07) is 2.66. The average molecular weight is 316 g/mol. The summed E-state index contributed by atoms with van der Waals surface area (Å²) in [5.41, 5.74) is -0.265. The molecular formula is C13H17FN2O4S. The van der Waals surface area contributed by atoms with E-state index in [0.717, 1.165) is 18.2 Å². The van der Waals surface area contributed by atoms with Gasteiger partial charge in [0.05, 0.1) is 22.6 Å².